The fourth-order valence-corrected chi connectivity index (χ4v) is 3.31. The summed E-state index contributed by atoms with van der Waals surface area (Å²) in [6.07, 6.45) is 3.31. The Kier molecular flexibility index (Phi) is 4.71. The van der Waals surface area contributed by atoms with Gasteiger partial charge in [-0.2, -0.15) is 13.2 Å². The Hall–Kier alpha value is -1.82. The third kappa shape index (κ3) is 4.13. The first-order valence-corrected chi connectivity index (χ1v) is 7.85. The second kappa shape index (κ2) is 6.74. The molecule has 2 heterocycles. The Balaban J connectivity index is 1.66. The maximum Gasteiger partial charge on any atom is 0.416 e. The van der Waals surface area contributed by atoms with Gasteiger partial charge in [0.25, 0.3) is 0 Å². The zero-order valence-electron chi connectivity index (χ0n) is 12.8. The van der Waals surface area contributed by atoms with E-state index in [4.69, 9.17) is 0 Å². The Labute approximate surface area is 133 Å². The molecule has 23 heavy (non-hydrogen) atoms. The smallest absolute Gasteiger partial charge is 0.337 e. The molecule has 1 aliphatic heterocycles. The largest absolute Gasteiger partial charge is 0.416 e. The first-order valence-electron chi connectivity index (χ1n) is 7.85. The molecule has 0 radical (unpaired) electrons. The molecule has 124 valence electrons. The number of aromatic nitrogens is 2. The average molecular weight is 323 g/mol. The van der Waals surface area contributed by atoms with Crippen LogP contribution in [-0.4, -0.2) is 27.5 Å². The van der Waals surface area contributed by atoms with Crippen molar-refractivity contribution in [3.05, 3.63) is 54.1 Å². The summed E-state index contributed by atoms with van der Waals surface area (Å²) in [4.78, 5) is 6.17. The minimum atomic E-state index is -4.29. The molecule has 1 saturated heterocycles. The summed E-state index contributed by atoms with van der Waals surface area (Å²) < 4.78 is 41.3. The van der Waals surface area contributed by atoms with Gasteiger partial charge in [-0.1, -0.05) is 18.2 Å². The van der Waals surface area contributed by atoms with E-state index in [0.717, 1.165) is 32.5 Å². The van der Waals surface area contributed by atoms with Crippen LogP contribution in [0, 0.1) is 5.92 Å². The number of likely N-dealkylation sites (tertiary alicyclic amines) is 1. The van der Waals surface area contributed by atoms with Crippen molar-refractivity contribution in [2.45, 2.75) is 32.1 Å². The number of imidazole rings is 1. The monoisotopic (exact) mass is 323 g/mol. The molecular formula is C17H20F3N3. The maximum absolute atomic E-state index is 13.1. The van der Waals surface area contributed by atoms with Crippen LogP contribution in [-0.2, 0) is 19.3 Å². The Morgan fingerprint density at radius 1 is 1.22 bits per heavy atom. The lowest BCUT2D eigenvalue weighted by atomic mass is 9.97. The van der Waals surface area contributed by atoms with Crippen LogP contribution >= 0.6 is 0 Å². The second-order valence-electron chi connectivity index (χ2n) is 6.16. The van der Waals surface area contributed by atoms with Crippen molar-refractivity contribution in [1.82, 2.24) is 14.5 Å². The van der Waals surface area contributed by atoms with Gasteiger partial charge in [-0.15, -0.1) is 0 Å². The quantitative estimate of drug-likeness (QED) is 0.853. The number of benzene rings is 1. The van der Waals surface area contributed by atoms with Crippen molar-refractivity contribution < 1.29 is 13.2 Å². The van der Waals surface area contributed by atoms with E-state index in [0.29, 0.717) is 18.0 Å². The third-order valence-corrected chi connectivity index (χ3v) is 4.35. The van der Waals surface area contributed by atoms with Crippen molar-refractivity contribution in [3.63, 3.8) is 0 Å². The summed E-state index contributed by atoms with van der Waals surface area (Å²) in [6.45, 7) is 2.91. The van der Waals surface area contributed by atoms with Crippen LogP contribution in [0.3, 0.4) is 0 Å². The van der Waals surface area contributed by atoms with Crippen LogP contribution in [0.1, 0.15) is 24.0 Å². The molecule has 0 N–H and O–H groups in total. The van der Waals surface area contributed by atoms with E-state index in [1.807, 2.05) is 10.8 Å². The molecule has 0 spiro atoms. The zero-order valence-corrected chi connectivity index (χ0v) is 12.8. The predicted octanol–water partition coefficient (Wildman–Crippen LogP) is 3.81. The molecule has 1 aromatic carbocycles. The van der Waals surface area contributed by atoms with Gasteiger partial charge >= 0.3 is 6.18 Å². The molecule has 3 nitrogen and oxygen atoms in total. The summed E-state index contributed by atoms with van der Waals surface area (Å²) in [5.41, 5.74) is -0.153. The maximum atomic E-state index is 13.1. The fourth-order valence-electron chi connectivity index (χ4n) is 3.31. The lowest BCUT2D eigenvalue weighted by Crippen LogP contribution is -2.36. The number of alkyl halides is 3. The summed E-state index contributed by atoms with van der Waals surface area (Å²) in [7, 11) is 0. The average Bonchev–Trinajstić information content (AvgIpc) is 3.00. The van der Waals surface area contributed by atoms with E-state index in [-0.39, 0.29) is 0 Å². The van der Waals surface area contributed by atoms with Gasteiger partial charge in [0.05, 0.1) is 11.9 Å². The van der Waals surface area contributed by atoms with Gasteiger partial charge in [-0.05, 0) is 36.9 Å². The van der Waals surface area contributed by atoms with E-state index in [1.165, 1.54) is 12.1 Å². The third-order valence-electron chi connectivity index (χ3n) is 4.35. The van der Waals surface area contributed by atoms with Crippen molar-refractivity contribution in [2.75, 3.05) is 13.1 Å². The topological polar surface area (TPSA) is 21.1 Å². The number of hydrogen-bond donors (Lipinski definition) is 0. The van der Waals surface area contributed by atoms with E-state index in [9.17, 15) is 13.2 Å². The van der Waals surface area contributed by atoms with Crippen LogP contribution in [0.4, 0.5) is 13.2 Å². The van der Waals surface area contributed by atoms with Gasteiger partial charge < -0.3 is 4.57 Å². The Bertz CT molecular complexity index is 622. The van der Waals surface area contributed by atoms with E-state index in [1.54, 1.807) is 24.7 Å². The molecule has 2 aromatic rings. The van der Waals surface area contributed by atoms with Crippen LogP contribution < -0.4 is 0 Å². The molecule has 6 heteroatoms. The van der Waals surface area contributed by atoms with Crippen LogP contribution in [0.25, 0.3) is 0 Å². The number of piperidine rings is 1. The highest BCUT2D eigenvalue weighted by Gasteiger charge is 2.33. The molecule has 1 aromatic heterocycles. The minimum absolute atomic E-state index is 0.357. The standard InChI is InChI=1S/C17H20F3N3/c18-17(19,20)16-6-2-1-5-15(16)12-22-8-3-4-14(10-22)11-23-9-7-21-13-23/h1-2,5-7,9,13-14H,3-4,8,10-12H2/t14-/m1/s1. The number of nitrogens with zero attached hydrogens (tertiary/aromatic N) is 3. The molecule has 0 bridgehead atoms. The number of halogens is 3. The SMILES string of the molecule is FC(F)(F)c1ccccc1CN1CCC[C@@H](Cn2ccnc2)C1. The summed E-state index contributed by atoms with van der Waals surface area (Å²) >= 11 is 0. The van der Waals surface area contributed by atoms with Gasteiger partial charge in [0, 0.05) is 32.0 Å². The van der Waals surface area contributed by atoms with E-state index < -0.39 is 11.7 Å². The molecule has 1 atom stereocenters. The molecule has 0 saturated carbocycles. The number of rotatable bonds is 4. The zero-order chi connectivity index (χ0) is 16.3. The Morgan fingerprint density at radius 3 is 2.78 bits per heavy atom. The van der Waals surface area contributed by atoms with Crippen LogP contribution in [0.5, 0.6) is 0 Å². The normalized spacial score (nSPS) is 19.9. The van der Waals surface area contributed by atoms with E-state index >= 15 is 0 Å². The summed E-state index contributed by atoms with van der Waals surface area (Å²) in [5, 5.41) is 0. The van der Waals surface area contributed by atoms with Crippen molar-refractivity contribution in [1.29, 1.82) is 0 Å². The number of hydrogen-bond acceptors (Lipinski definition) is 2. The Morgan fingerprint density at radius 2 is 2.04 bits per heavy atom. The van der Waals surface area contributed by atoms with Gasteiger partial charge in [-0.25, -0.2) is 4.98 Å². The molecule has 0 aliphatic carbocycles. The first-order chi connectivity index (χ1) is 11.0. The highest BCUT2D eigenvalue weighted by atomic mass is 19.4. The predicted molar refractivity (Wildman–Crippen MR) is 81.7 cm³/mol. The molecule has 0 amide bonds. The van der Waals surface area contributed by atoms with E-state index in [2.05, 4.69) is 9.88 Å². The van der Waals surface area contributed by atoms with Gasteiger partial charge in [-0.3, -0.25) is 4.90 Å². The van der Waals surface area contributed by atoms with Gasteiger partial charge in [0.1, 0.15) is 0 Å². The highest BCUT2D eigenvalue weighted by molar-refractivity contribution is 5.29. The molecular weight excluding hydrogens is 303 g/mol. The molecule has 1 aliphatic rings. The molecule has 3 rings (SSSR count). The highest BCUT2D eigenvalue weighted by Crippen LogP contribution is 2.33. The van der Waals surface area contributed by atoms with Gasteiger partial charge in [0.15, 0.2) is 0 Å². The lowest BCUT2D eigenvalue weighted by molar-refractivity contribution is -0.138. The second-order valence-corrected chi connectivity index (χ2v) is 6.16. The molecule has 1 fully saturated rings. The van der Waals surface area contributed by atoms with Crippen molar-refractivity contribution in [3.8, 4) is 0 Å². The van der Waals surface area contributed by atoms with Crippen LogP contribution in [0.2, 0.25) is 0 Å². The van der Waals surface area contributed by atoms with Gasteiger partial charge in [0.2, 0.25) is 0 Å². The van der Waals surface area contributed by atoms with Crippen molar-refractivity contribution >= 4 is 0 Å². The van der Waals surface area contributed by atoms with Crippen molar-refractivity contribution in [2.24, 2.45) is 5.92 Å². The minimum Gasteiger partial charge on any atom is -0.337 e. The van der Waals surface area contributed by atoms with Crippen LogP contribution in [0.15, 0.2) is 43.0 Å². The first kappa shape index (κ1) is 16.1. The summed E-state index contributed by atoms with van der Waals surface area (Å²) in [6, 6.07) is 5.88. The lowest BCUT2D eigenvalue weighted by Gasteiger charge is -2.33. The molecule has 0 unspecified atom stereocenters. The fraction of sp³-hybridized carbons (Fsp3) is 0.471. The summed E-state index contributed by atoms with van der Waals surface area (Å²) in [5.74, 6) is 0.455.